The molecular formula is C22H18N6O2S. The second-order valence-corrected chi connectivity index (χ2v) is 7.33. The lowest BCUT2D eigenvalue weighted by Crippen LogP contribution is -2.18. The smallest absolute Gasteiger partial charge is 0.236 e. The molecule has 0 atom stereocenters. The Labute approximate surface area is 183 Å². The maximum atomic E-state index is 12.7. The van der Waals surface area contributed by atoms with Crippen molar-refractivity contribution in [2.24, 2.45) is 0 Å². The second-order valence-electron chi connectivity index (χ2n) is 6.38. The largest absolute Gasteiger partial charge is 0.497 e. The van der Waals surface area contributed by atoms with Crippen LogP contribution in [0, 0.1) is 11.3 Å². The number of carbonyl (C=O) groups is 1. The molecule has 0 radical (unpaired) electrons. The summed E-state index contributed by atoms with van der Waals surface area (Å²) in [6.45, 7) is 0. The molecule has 0 spiro atoms. The van der Waals surface area contributed by atoms with Gasteiger partial charge in [-0.25, -0.2) is 9.67 Å². The number of hydrogen-bond donors (Lipinski definition) is 1. The molecule has 8 nitrogen and oxygen atoms in total. The van der Waals surface area contributed by atoms with E-state index < -0.39 is 0 Å². The predicted molar refractivity (Wildman–Crippen MR) is 118 cm³/mol. The monoisotopic (exact) mass is 430 g/mol. The molecular weight excluding hydrogens is 412 g/mol. The zero-order valence-electron chi connectivity index (χ0n) is 16.6. The van der Waals surface area contributed by atoms with E-state index in [-0.39, 0.29) is 11.7 Å². The number of anilines is 1. The molecule has 0 saturated carbocycles. The number of aromatic nitrogens is 4. The Bertz CT molecular complexity index is 1240. The summed E-state index contributed by atoms with van der Waals surface area (Å²) in [5.41, 5.74) is 1.93. The van der Waals surface area contributed by atoms with Crippen LogP contribution in [0.25, 0.3) is 11.4 Å². The number of rotatable bonds is 7. The molecule has 0 unspecified atom stereocenters. The summed E-state index contributed by atoms with van der Waals surface area (Å²) >= 11 is 1.29. The lowest BCUT2D eigenvalue weighted by atomic mass is 10.3. The number of carbonyl (C=O) groups excluding carboxylic acids is 1. The van der Waals surface area contributed by atoms with E-state index in [1.54, 1.807) is 13.3 Å². The van der Waals surface area contributed by atoms with Gasteiger partial charge in [-0.3, -0.25) is 9.36 Å². The first-order valence-corrected chi connectivity index (χ1v) is 10.3. The van der Waals surface area contributed by atoms with Crippen LogP contribution in [0.5, 0.6) is 5.75 Å². The van der Waals surface area contributed by atoms with Crippen molar-refractivity contribution < 1.29 is 9.53 Å². The molecule has 9 heteroatoms. The lowest BCUT2D eigenvalue weighted by molar-refractivity contribution is -0.113. The van der Waals surface area contributed by atoms with Gasteiger partial charge in [-0.1, -0.05) is 36.0 Å². The van der Waals surface area contributed by atoms with E-state index in [2.05, 4.69) is 21.5 Å². The quantitative estimate of drug-likeness (QED) is 0.449. The third kappa shape index (κ3) is 4.44. The van der Waals surface area contributed by atoms with Gasteiger partial charge >= 0.3 is 0 Å². The molecule has 0 saturated heterocycles. The third-order valence-electron chi connectivity index (χ3n) is 4.42. The zero-order valence-corrected chi connectivity index (χ0v) is 17.4. The van der Waals surface area contributed by atoms with Crippen LogP contribution in [0.3, 0.4) is 0 Å². The van der Waals surface area contributed by atoms with Gasteiger partial charge in [0.15, 0.2) is 11.0 Å². The van der Waals surface area contributed by atoms with Crippen LogP contribution in [0.15, 0.2) is 78.3 Å². The van der Waals surface area contributed by atoms with Gasteiger partial charge in [0.05, 0.1) is 30.4 Å². The Morgan fingerprint density at radius 2 is 2.00 bits per heavy atom. The molecule has 0 fully saturated rings. The van der Waals surface area contributed by atoms with E-state index in [9.17, 15) is 10.1 Å². The minimum absolute atomic E-state index is 0.117. The standard InChI is InChI=1S/C22H18N6O2S/c1-30-19-9-5-8-18(12-19)27-11-10-24-22(27)31-15-20(29)26-21-16(13-23)14-25-28(21)17-6-3-2-4-7-17/h2-12,14H,15H2,1H3,(H,26,29). The van der Waals surface area contributed by atoms with Gasteiger partial charge in [-0.2, -0.15) is 10.4 Å². The number of ether oxygens (including phenoxy) is 1. The molecule has 0 bridgehead atoms. The van der Waals surface area contributed by atoms with Crippen molar-refractivity contribution in [3.8, 4) is 23.2 Å². The van der Waals surface area contributed by atoms with Crippen molar-refractivity contribution in [3.05, 3.63) is 78.8 Å². The van der Waals surface area contributed by atoms with Crippen molar-refractivity contribution in [3.63, 3.8) is 0 Å². The van der Waals surface area contributed by atoms with E-state index in [1.165, 1.54) is 22.6 Å². The molecule has 4 aromatic rings. The highest BCUT2D eigenvalue weighted by Crippen LogP contribution is 2.24. The van der Waals surface area contributed by atoms with E-state index in [0.29, 0.717) is 16.5 Å². The van der Waals surface area contributed by atoms with Crippen LogP contribution >= 0.6 is 11.8 Å². The van der Waals surface area contributed by atoms with Crippen molar-refractivity contribution in [1.82, 2.24) is 19.3 Å². The number of para-hydroxylation sites is 1. The van der Waals surface area contributed by atoms with Crippen LogP contribution in [-0.2, 0) is 4.79 Å². The average molecular weight is 430 g/mol. The third-order valence-corrected chi connectivity index (χ3v) is 5.39. The Morgan fingerprint density at radius 1 is 1.19 bits per heavy atom. The van der Waals surface area contributed by atoms with Crippen molar-refractivity contribution in [2.45, 2.75) is 5.16 Å². The summed E-state index contributed by atoms with van der Waals surface area (Å²) < 4.78 is 8.70. The highest BCUT2D eigenvalue weighted by Gasteiger charge is 2.16. The molecule has 154 valence electrons. The number of nitrogens with zero attached hydrogens (tertiary/aromatic N) is 5. The molecule has 1 amide bonds. The van der Waals surface area contributed by atoms with Gasteiger partial charge in [0.1, 0.15) is 17.4 Å². The van der Waals surface area contributed by atoms with Gasteiger partial charge in [0.25, 0.3) is 0 Å². The van der Waals surface area contributed by atoms with Crippen molar-refractivity contribution in [1.29, 1.82) is 5.26 Å². The SMILES string of the molecule is COc1cccc(-n2ccnc2SCC(=O)Nc2c(C#N)cnn2-c2ccccc2)c1. The number of methoxy groups -OCH3 is 1. The Balaban J connectivity index is 1.49. The van der Waals surface area contributed by atoms with Crippen molar-refractivity contribution in [2.75, 3.05) is 18.2 Å². The van der Waals surface area contributed by atoms with Crippen LogP contribution < -0.4 is 10.1 Å². The first-order chi connectivity index (χ1) is 15.2. The number of benzene rings is 2. The molecule has 31 heavy (non-hydrogen) atoms. The summed E-state index contributed by atoms with van der Waals surface area (Å²) in [5, 5.41) is 17.1. The van der Waals surface area contributed by atoms with E-state index >= 15 is 0 Å². The van der Waals surface area contributed by atoms with Crippen LogP contribution in [0.1, 0.15) is 5.56 Å². The van der Waals surface area contributed by atoms with Gasteiger partial charge in [0, 0.05) is 18.5 Å². The van der Waals surface area contributed by atoms with Gasteiger partial charge in [-0.05, 0) is 24.3 Å². The second kappa shape index (κ2) is 9.19. The average Bonchev–Trinajstić information content (AvgIpc) is 3.45. The number of nitrogens with one attached hydrogen (secondary N) is 1. The van der Waals surface area contributed by atoms with Crippen LogP contribution in [0.2, 0.25) is 0 Å². The molecule has 2 aromatic carbocycles. The molecule has 4 rings (SSSR count). The van der Waals surface area contributed by atoms with Crippen LogP contribution in [0.4, 0.5) is 5.82 Å². The summed E-state index contributed by atoms with van der Waals surface area (Å²) in [6.07, 6.45) is 4.94. The normalized spacial score (nSPS) is 10.5. The first kappa shape index (κ1) is 20.3. The molecule has 2 aromatic heterocycles. The molecule has 2 heterocycles. The highest BCUT2D eigenvalue weighted by molar-refractivity contribution is 7.99. The molecule has 0 aliphatic heterocycles. The fourth-order valence-corrected chi connectivity index (χ4v) is 3.74. The number of nitriles is 1. The Hall–Kier alpha value is -4.03. The summed E-state index contributed by atoms with van der Waals surface area (Å²) in [5.74, 6) is 0.930. The number of thioether (sulfide) groups is 1. The van der Waals surface area contributed by atoms with E-state index in [0.717, 1.165) is 17.1 Å². The predicted octanol–water partition coefficient (Wildman–Crippen LogP) is 3.67. The Morgan fingerprint density at radius 3 is 2.77 bits per heavy atom. The van der Waals surface area contributed by atoms with E-state index in [4.69, 9.17) is 4.74 Å². The summed E-state index contributed by atoms with van der Waals surface area (Å²) in [4.78, 5) is 17.0. The topological polar surface area (TPSA) is 97.8 Å². The fourth-order valence-electron chi connectivity index (χ4n) is 2.97. The highest BCUT2D eigenvalue weighted by atomic mass is 32.2. The Kier molecular flexibility index (Phi) is 6.01. The number of imidazole rings is 1. The van der Waals surface area contributed by atoms with Gasteiger partial charge in [0.2, 0.25) is 5.91 Å². The lowest BCUT2D eigenvalue weighted by Gasteiger charge is -2.11. The van der Waals surface area contributed by atoms with E-state index in [1.807, 2.05) is 65.4 Å². The maximum Gasteiger partial charge on any atom is 0.236 e. The zero-order chi connectivity index (χ0) is 21.6. The summed E-state index contributed by atoms with van der Waals surface area (Å²) in [7, 11) is 1.61. The molecule has 1 N–H and O–H groups in total. The molecule has 0 aliphatic carbocycles. The maximum absolute atomic E-state index is 12.7. The van der Waals surface area contributed by atoms with Gasteiger partial charge in [-0.15, -0.1) is 0 Å². The van der Waals surface area contributed by atoms with Crippen LogP contribution in [-0.4, -0.2) is 38.1 Å². The minimum Gasteiger partial charge on any atom is -0.497 e. The number of amides is 1. The molecule has 0 aliphatic rings. The van der Waals surface area contributed by atoms with Gasteiger partial charge < -0.3 is 10.1 Å². The summed E-state index contributed by atoms with van der Waals surface area (Å²) in [6, 6.07) is 19.0. The van der Waals surface area contributed by atoms with Crippen molar-refractivity contribution >= 4 is 23.5 Å². The number of hydrogen-bond acceptors (Lipinski definition) is 6. The fraction of sp³-hybridized carbons (Fsp3) is 0.0909. The first-order valence-electron chi connectivity index (χ1n) is 9.33. The minimum atomic E-state index is -0.264.